The van der Waals surface area contributed by atoms with E-state index in [1.54, 1.807) is 18.1 Å². The van der Waals surface area contributed by atoms with Crippen LogP contribution >= 0.6 is 0 Å². The molecule has 0 aromatic carbocycles. The molecule has 32 heavy (non-hydrogen) atoms. The summed E-state index contributed by atoms with van der Waals surface area (Å²) in [5.74, 6) is 0.386. The first kappa shape index (κ1) is 22.0. The van der Waals surface area contributed by atoms with Crippen molar-refractivity contribution in [1.29, 1.82) is 0 Å². The molecule has 0 radical (unpaired) electrons. The molecule has 3 aliphatic rings. The highest BCUT2D eigenvalue weighted by atomic mass is 16.2. The largest absolute Gasteiger partial charge is 0.351 e. The summed E-state index contributed by atoms with van der Waals surface area (Å²) in [7, 11) is 1.57. The predicted octanol–water partition coefficient (Wildman–Crippen LogP) is -0.233. The average molecular weight is 444 g/mol. The fourth-order valence-electron chi connectivity index (χ4n) is 4.44. The third-order valence-corrected chi connectivity index (χ3v) is 6.32. The number of nitrogens with one attached hydrogen (secondary N) is 2. The Morgan fingerprint density at radius 2 is 2.12 bits per heavy atom. The minimum Gasteiger partial charge on any atom is -0.351 e. The van der Waals surface area contributed by atoms with Crippen molar-refractivity contribution in [1.82, 2.24) is 30.1 Å². The maximum absolute atomic E-state index is 13.0. The van der Waals surface area contributed by atoms with Crippen LogP contribution in [0.5, 0.6) is 0 Å². The minimum atomic E-state index is -0.343. The zero-order chi connectivity index (χ0) is 22.9. The van der Waals surface area contributed by atoms with Gasteiger partial charge in [-0.1, -0.05) is 0 Å². The average Bonchev–Trinajstić information content (AvgIpc) is 3.36. The van der Waals surface area contributed by atoms with E-state index in [1.807, 2.05) is 17.7 Å². The number of amides is 4. The van der Waals surface area contributed by atoms with Gasteiger partial charge in [0, 0.05) is 50.9 Å². The first-order valence-corrected chi connectivity index (χ1v) is 10.9. The lowest BCUT2D eigenvalue weighted by molar-refractivity contribution is -0.131. The molecule has 11 heteroatoms. The minimum absolute atomic E-state index is 0.0261. The second-order valence-electron chi connectivity index (χ2n) is 9.08. The standard InChI is InChI=1S/C21H29N7O4/c1-21(6-4-18(30)24-21)5-3-17(29)23-15-11-27-8-7-22-16(27)13-28(12-15)20(32)10-14-9-19(31)26(2)25-14/h7-8,15H,3-6,9-13H2,1-2H3,(H,23,29)(H,24,30). The fourth-order valence-corrected chi connectivity index (χ4v) is 4.44. The Balaban J connectivity index is 1.38. The summed E-state index contributed by atoms with van der Waals surface area (Å²) in [4.78, 5) is 54.9. The lowest BCUT2D eigenvalue weighted by atomic mass is 9.94. The molecule has 2 N–H and O–H groups in total. The summed E-state index contributed by atoms with van der Waals surface area (Å²) in [5.41, 5.74) is 0.201. The van der Waals surface area contributed by atoms with Crippen molar-refractivity contribution >= 4 is 29.3 Å². The maximum Gasteiger partial charge on any atom is 0.248 e. The molecule has 2 atom stereocenters. The van der Waals surface area contributed by atoms with Gasteiger partial charge in [0.05, 0.1) is 31.1 Å². The highest BCUT2D eigenvalue weighted by Crippen LogP contribution is 2.24. The Morgan fingerprint density at radius 3 is 2.81 bits per heavy atom. The van der Waals surface area contributed by atoms with Gasteiger partial charge in [0.2, 0.25) is 23.6 Å². The van der Waals surface area contributed by atoms with Gasteiger partial charge in [-0.25, -0.2) is 9.99 Å². The predicted molar refractivity (Wildman–Crippen MR) is 114 cm³/mol. The third-order valence-electron chi connectivity index (χ3n) is 6.32. The Labute approximate surface area is 186 Å². The molecule has 11 nitrogen and oxygen atoms in total. The van der Waals surface area contributed by atoms with E-state index in [0.29, 0.717) is 44.6 Å². The summed E-state index contributed by atoms with van der Waals surface area (Å²) in [6.07, 6.45) is 5.82. The van der Waals surface area contributed by atoms with E-state index in [4.69, 9.17) is 0 Å². The molecule has 3 aliphatic heterocycles. The number of fused-ring (bicyclic) bond motifs is 1. The van der Waals surface area contributed by atoms with Gasteiger partial charge in [-0.05, 0) is 19.8 Å². The molecule has 2 unspecified atom stereocenters. The number of hydrazone groups is 1. The molecule has 0 bridgehead atoms. The van der Waals surface area contributed by atoms with E-state index >= 15 is 0 Å². The van der Waals surface area contributed by atoms with Crippen molar-refractivity contribution in [2.45, 2.75) is 70.1 Å². The van der Waals surface area contributed by atoms with Crippen molar-refractivity contribution in [3.05, 3.63) is 18.2 Å². The summed E-state index contributed by atoms with van der Waals surface area (Å²) < 4.78 is 1.95. The SMILES string of the molecule is CN1N=C(CC(=O)N2Cc3nccn3CC(NC(=O)CCC3(C)CCC(=O)N3)C2)CC1=O. The Kier molecular flexibility index (Phi) is 5.98. The van der Waals surface area contributed by atoms with Gasteiger partial charge < -0.3 is 20.1 Å². The maximum atomic E-state index is 13.0. The number of carbonyl (C=O) groups excluding carboxylic acids is 4. The van der Waals surface area contributed by atoms with Gasteiger partial charge in [-0.15, -0.1) is 0 Å². The number of imidazole rings is 1. The van der Waals surface area contributed by atoms with Gasteiger partial charge in [0.1, 0.15) is 5.82 Å². The zero-order valence-corrected chi connectivity index (χ0v) is 18.5. The first-order chi connectivity index (χ1) is 15.2. The second kappa shape index (κ2) is 8.71. The van der Waals surface area contributed by atoms with Crippen molar-refractivity contribution < 1.29 is 19.2 Å². The highest BCUT2D eigenvalue weighted by Gasteiger charge is 2.34. The van der Waals surface area contributed by atoms with E-state index in [1.165, 1.54) is 5.01 Å². The van der Waals surface area contributed by atoms with Crippen molar-refractivity contribution in [3.63, 3.8) is 0 Å². The van der Waals surface area contributed by atoms with Crippen LogP contribution in [0.25, 0.3) is 0 Å². The van der Waals surface area contributed by atoms with Crippen LogP contribution in [0.1, 0.15) is 51.3 Å². The number of carbonyl (C=O) groups is 4. The number of nitrogens with zero attached hydrogens (tertiary/aromatic N) is 5. The molecule has 4 heterocycles. The highest BCUT2D eigenvalue weighted by molar-refractivity contribution is 6.11. The second-order valence-corrected chi connectivity index (χ2v) is 9.08. The number of aromatic nitrogens is 2. The Morgan fingerprint density at radius 1 is 1.31 bits per heavy atom. The van der Waals surface area contributed by atoms with Crippen molar-refractivity contribution in [2.75, 3.05) is 13.6 Å². The molecule has 1 fully saturated rings. The van der Waals surface area contributed by atoms with E-state index in [2.05, 4.69) is 20.7 Å². The zero-order valence-electron chi connectivity index (χ0n) is 18.5. The molecule has 1 saturated heterocycles. The molecule has 4 rings (SSSR count). The van der Waals surface area contributed by atoms with Gasteiger partial charge in [-0.3, -0.25) is 19.2 Å². The Bertz CT molecular complexity index is 971. The summed E-state index contributed by atoms with van der Waals surface area (Å²) in [6, 6.07) is -0.275. The van der Waals surface area contributed by atoms with Crippen molar-refractivity contribution in [2.24, 2.45) is 5.10 Å². The molecule has 4 amide bonds. The smallest absolute Gasteiger partial charge is 0.248 e. The molecule has 172 valence electrons. The van der Waals surface area contributed by atoms with Crippen LogP contribution in [0.2, 0.25) is 0 Å². The monoisotopic (exact) mass is 443 g/mol. The van der Waals surface area contributed by atoms with Gasteiger partial charge in [-0.2, -0.15) is 5.10 Å². The van der Waals surface area contributed by atoms with E-state index in [9.17, 15) is 19.2 Å². The van der Waals surface area contributed by atoms with Crippen LogP contribution in [-0.2, 0) is 32.3 Å². The normalized spacial score (nSPS) is 25.3. The molecule has 0 aliphatic carbocycles. The van der Waals surface area contributed by atoms with Gasteiger partial charge in [0.15, 0.2) is 0 Å². The summed E-state index contributed by atoms with van der Waals surface area (Å²) in [5, 5.41) is 11.4. The fraction of sp³-hybridized carbons (Fsp3) is 0.619. The lowest BCUT2D eigenvalue weighted by Gasteiger charge is -2.26. The topological polar surface area (TPSA) is 129 Å². The van der Waals surface area contributed by atoms with Gasteiger partial charge >= 0.3 is 0 Å². The van der Waals surface area contributed by atoms with Crippen LogP contribution in [0.4, 0.5) is 0 Å². The Hall–Kier alpha value is -3.24. The number of hydrogen-bond acceptors (Lipinski definition) is 6. The molecule has 0 saturated carbocycles. The van der Waals surface area contributed by atoms with Crippen molar-refractivity contribution in [3.8, 4) is 0 Å². The molecule has 1 aromatic rings. The summed E-state index contributed by atoms with van der Waals surface area (Å²) in [6.45, 7) is 3.16. The van der Waals surface area contributed by atoms with Crippen LogP contribution in [-0.4, -0.2) is 74.0 Å². The molecule has 0 spiro atoms. The van der Waals surface area contributed by atoms with Crippen LogP contribution < -0.4 is 10.6 Å². The van der Waals surface area contributed by atoms with Crippen LogP contribution in [0.3, 0.4) is 0 Å². The van der Waals surface area contributed by atoms with E-state index in [-0.39, 0.29) is 48.1 Å². The van der Waals surface area contributed by atoms with Gasteiger partial charge in [0.25, 0.3) is 0 Å². The first-order valence-electron chi connectivity index (χ1n) is 10.9. The molecule has 1 aromatic heterocycles. The quantitative estimate of drug-likeness (QED) is 0.627. The van der Waals surface area contributed by atoms with Crippen LogP contribution in [0.15, 0.2) is 17.5 Å². The lowest BCUT2D eigenvalue weighted by Crippen LogP contribution is -2.46. The van der Waals surface area contributed by atoms with Crippen LogP contribution in [0, 0.1) is 0 Å². The molecular formula is C21H29N7O4. The third kappa shape index (κ3) is 4.97. The number of rotatable bonds is 6. The van der Waals surface area contributed by atoms with E-state index < -0.39 is 0 Å². The summed E-state index contributed by atoms with van der Waals surface area (Å²) >= 11 is 0. The van der Waals surface area contributed by atoms with E-state index in [0.717, 1.165) is 12.2 Å². The number of hydrogen-bond donors (Lipinski definition) is 2. The molecular weight excluding hydrogens is 414 g/mol.